The molecule has 1 N–H and O–H groups in total. The molecule has 0 amide bonds. The largest absolute Gasteiger partial charge is 0.302 e. The van der Waals surface area contributed by atoms with Crippen molar-refractivity contribution >= 4 is 11.6 Å². The highest BCUT2D eigenvalue weighted by Gasteiger charge is 2.25. The predicted octanol–water partition coefficient (Wildman–Crippen LogP) is 4.57. The Balaban J connectivity index is 1.80. The second-order valence-corrected chi connectivity index (χ2v) is 7.13. The number of rotatable bonds is 4. The number of H-pyrrole nitrogens is 1. The highest BCUT2D eigenvalue weighted by Crippen LogP contribution is 2.33. The van der Waals surface area contributed by atoms with Gasteiger partial charge in [-0.05, 0) is 43.0 Å². The number of nitrogens with zero attached hydrogens (tertiary/aromatic N) is 2. The van der Waals surface area contributed by atoms with E-state index in [1.54, 1.807) is 0 Å². The zero-order valence-electron chi connectivity index (χ0n) is 13.3. The Bertz CT molecular complexity index is 603. The lowest BCUT2D eigenvalue weighted by molar-refractivity contribution is 0.186. The van der Waals surface area contributed by atoms with Gasteiger partial charge < -0.3 is 4.90 Å². The van der Waals surface area contributed by atoms with Gasteiger partial charge in [0.15, 0.2) is 0 Å². The van der Waals surface area contributed by atoms with Crippen LogP contribution >= 0.6 is 11.6 Å². The van der Waals surface area contributed by atoms with Gasteiger partial charge in [-0.25, -0.2) is 0 Å². The Labute approximate surface area is 137 Å². The number of hydrogen-bond acceptors (Lipinski definition) is 2. The second kappa shape index (κ2) is 6.84. The summed E-state index contributed by atoms with van der Waals surface area (Å²) >= 11 is 6.00. The molecule has 0 spiro atoms. The van der Waals surface area contributed by atoms with Crippen molar-refractivity contribution in [2.75, 3.05) is 19.6 Å². The standard InChI is InChI=1S/C18H24ClN3/c1-13(2)11-22-9-3-4-15(12-22)18-17(10-20-21-18)14-5-7-16(19)8-6-14/h5-8,10,13,15H,3-4,9,11-12H2,1-2H3,(H,20,21). The van der Waals surface area contributed by atoms with E-state index in [0.29, 0.717) is 5.92 Å². The summed E-state index contributed by atoms with van der Waals surface area (Å²) in [4.78, 5) is 2.59. The molecule has 0 saturated carbocycles. The van der Waals surface area contributed by atoms with Crippen LogP contribution in [0.3, 0.4) is 0 Å². The van der Waals surface area contributed by atoms with Crippen LogP contribution in [0.5, 0.6) is 0 Å². The summed E-state index contributed by atoms with van der Waals surface area (Å²) in [6.07, 6.45) is 4.44. The lowest BCUT2D eigenvalue weighted by atomic mass is 9.90. The first-order valence-electron chi connectivity index (χ1n) is 8.15. The third-order valence-electron chi connectivity index (χ3n) is 4.36. The second-order valence-electron chi connectivity index (χ2n) is 6.70. The molecule has 118 valence electrons. The van der Waals surface area contributed by atoms with E-state index in [0.717, 1.165) is 17.5 Å². The monoisotopic (exact) mass is 317 g/mol. The summed E-state index contributed by atoms with van der Waals surface area (Å²) in [7, 11) is 0. The molecule has 1 aliphatic rings. The first kappa shape index (κ1) is 15.6. The molecule has 4 heteroatoms. The summed E-state index contributed by atoms with van der Waals surface area (Å²) in [5.41, 5.74) is 3.68. The summed E-state index contributed by atoms with van der Waals surface area (Å²) < 4.78 is 0. The third-order valence-corrected chi connectivity index (χ3v) is 4.61. The third kappa shape index (κ3) is 3.53. The predicted molar refractivity (Wildman–Crippen MR) is 92.3 cm³/mol. The maximum atomic E-state index is 6.00. The van der Waals surface area contributed by atoms with E-state index in [4.69, 9.17) is 11.6 Å². The van der Waals surface area contributed by atoms with E-state index in [1.165, 1.54) is 42.8 Å². The molecule has 2 heterocycles. The normalized spacial score (nSPS) is 19.7. The lowest BCUT2D eigenvalue weighted by Crippen LogP contribution is -2.37. The van der Waals surface area contributed by atoms with Crippen molar-refractivity contribution in [3.63, 3.8) is 0 Å². The van der Waals surface area contributed by atoms with Gasteiger partial charge in [0.25, 0.3) is 0 Å². The first-order chi connectivity index (χ1) is 10.6. The summed E-state index contributed by atoms with van der Waals surface area (Å²) in [6.45, 7) is 8.11. The van der Waals surface area contributed by atoms with E-state index in [2.05, 4.69) is 41.1 Å². The van der Waals surface area contributed by atoms with Gasteiger partial charge in [-0.1, -0.05) is 37.6 Å². The first-order valence-corrected chi connectivity index (χ1v) is 8.53. The van der Waals surface area contributed by atoms with Crippen LogP contribution < -0.4 is 0 Å². The van der Waals surface area contributed by atoms with Crippen LogP contribution in [-0.2, 0) is 0 Å². The van der Waals surface area contributed by atoms with Crippen molar-refractivity contribution in [1.29, 1.82) is 0 Å². The number of hydrogen-bond donors (Lipinski definition) is 1. The molecule has 1 aromatic heterocycles. The van der Waals surface area contributed by atoms with E-state index in [1.807, 2.05) is 18.3 Å². The van der Waals surface area contributed by atoms with Crippen LogP contribution in [-0.4, -0.2) is 34.7 Å². The number of aromatic amines is 1. The zero-order chi connectivity index (χ0) is 15.5. The molecule has 1 aliphatic heterocycles. The molecular formula is C18H24ClN3. The van der Waals surface area contributed by atoms with Crippen LogP contribution in [0.4, 0.5) is 0 Å². The van der Waals surface area contributed by atoms with E-state index < -0.39 is 0 Å². The van der Waals surface area contributed by atoms with E-state index in [9.17, 15) is 0 Å². The van der Waals surface area contributed by atoms with Gasteiger partial charge >= 0.3 is 0 Å². The van der Waals surface area contributed by atoms with Gasteiger partial charge in [-0.2, -0.15) is 5.10 Å². The van der Waals surface area contributed by atoms with E-state index in [-0.39, 0.29) is 0 Å². The minimum atomic E-state index is 0.542. The molecule has 3 rings (SSSR count). The molecular weight excluding hydrogens is 294 g/mol. The Morgan fingerprint density at radius 1 is 1.32 bits per heavy atom. The SMILES string of the molecule is CC(C)CN1CCCC(c2[nH]ncc2-c2ccc(Cl)cc2)C1. The number of piperidine rings is 1. The van der Waals surface area contributed by atoms with Crippen LogP contribution in [0.25, 0.3) is 11.1 Å². The number of likely N-dealkylation sites (tertiary alicyclic amines) is 1. The summed E-state index contributed by atoms with van der Waals surface area (Å²) in [5, 5.41) is 8.33. The van der Waals surface area contributed by atoms with Crippen LogP contribution in [0.2, 0.25) is 5.02 Å². The number of nitrogens with one attached hydrogen (secondary N) is 1. The summed E-state index contributed by atoms with van der Waals surface area (Å²) in [6, 6.07) is 8.04. The fraction of sp³-hybridized carbons (Fsp3) is 0.500. The topological polar surface area (TPSA) is 31.9 Å². The zero-order valence-corrected chi connectivity index (χ0v) is 14.1. The Morgan fingerprint density at radius 2 is 2.09 bits per heavy atom. The van der Waals surface area contributed by atoms with Crippen molar-refractivity contribution in [2.45, 2.75) is 32.6 Å². The number of halogens is 1. The fourth-order valence-electron chi connectivity index (χ4n) is 3.44. The van der Waals surface area contributed by atoms with Gasteiger partial charge in [-0.3, -0.25) is 5.10 Å². The molecule has 0 aliphatic carbocycles. The Kier molecular flexibility index (Phi) is 4.84. The average Bonchev–Trinajstić information content (AvgIpc) is 2.97. The fourth-order valence-corrected chi connectivity index (χ4v) is 3.57. The molecule has 0 bridgehead atoms. The van der Waals surface area contributed by atoms with E-state index >= 15 is 0 Å². The van der Waals surface area contributed by atoms with Crippen molar-refractivity contribution in [2.24, 2.45) is 5.92 Å². The van der Waals surface area contributed by atoms with Crippen molar-refractivity contribution in [3.8, 4) is 11.1 Å². The molecule has 0 radical (unpaired) electrons. The highest BCUT2D eigenvalue weighted by atomic mass is 35.5. The number of aromatic nitrogens is 2. The Hall–Kier alpha value is -1.32. The van der Waals surface area contributed by atoms with Gasteiger partial charge in [0.05, 0.1) is 6.20 Å². The molecule has 1 atom stereocenters. The molecule has 2 aromatic rings. The van der Waals surface area contributed by atoms with Crippen LogP contribution in [0.15, 0.2) is 30.5 Å². The van der Waals surface area contributed by atoms with Crippen LogP contribution in [0.1, 0.15) is 38.3 Å². The molecule has 1 aromatic carbocycles. The van der Waals surface area contributed by atoms with Gasteiger partial charge in [0.1, 0.15) is 0 Å². The summed E-state index contributed by atoms with van der Waals surface area (Å²) in [5.74, 6) is 1.26. The Morgan fingerprint density at radius 3 is 2.82 bits per heavy atom. The molecule has 1 fully saturated rings. The average molecular weight is 318 g/mol. The quantitative estimate of drug-likeness (QED) is 0.896. The molecule has 1 saturated heterocycles. The lowest BCUT2D eigenvalue weighted by Gasteiger charge is -2.33. The van der Waals surface area contributed by atoms with Gasteiger partial charge in [-0.15, -0.1) is 0 Å². The van der Waals surface area contributed by atoms with Gasteiger partial charge in [0, 0.05) is 35.3 Å². The van der Waals surface area contributed by atoms with Gasteiger partial charge in [0.2, 0.25) is 0 Å². The minimum absolute atomic E-state index is 0.542. The molecule has 3 nitrogen and oxygen atoms in total. The molecule has 1 unspecified atom stereocenters. The number of benzene rings is 1. The smallest absolute Gasteiger partial charge is 0.0568 e. The maximum absolute atomic E-state index is 6.00. The van der Waals surface area contributed by atoms with Crippen molar-refractivity contribution < 1.29 is 0 Å². The van der Waals surface area contributed by atoms with Crippen LogP contribution in [0, 0.1) is 5.92 Å². The molecule has 22 heavy (non-hydrogen) atoms. The van der Waals surface area contributed by atoms with Crippen molar-refractivity contribution in [3.05, 3.63) is 41.2 Å². The maximum Gasteiger partial charge on any atom is 0.0568 e. The highest BCUT2D eigenvalue weighted by molar-refractivity contribution is 6.30. The minimum Gasteiger partial charge on any atom is -0.302 e. The van der Waals surface area contributed by atoms with Crippen molar-refractivity contribution in [1.82, 2.24) is 15.1 Å².